The Balaban J connectivity index is 3.86. The molecule has 0 aromatic heterocycles. The molecule has 0 heterocycles. The van der Waals surface area contributed by atoms with Gasteiger partial charge in [-0.15, -0.1) is 0 Å². The lowest BCUT2D eigenvalue weighted by atomic mass is 10.0. The van der Waals surface area contributed by atoms with Crippen LogP contribution in [0.4, 0.5) is 0 Å². The van der Waals surface area contributed by atoms with Crippen LogP contribution in [0.15, 0.2) is 24.3 Å². The van der Waals surface area contributed by atoms with Crippen molar-refractivity contribution in [1.29, 1.82) is 0 Å². The zero-order chi connectivity index (χ0) is 28.1. The van der Waals surface area contributed by atoms with Crippen molar-refractivity contribution in [3.63, 3.8) is 0 Å². The summed E-state index contributed by atoms with van der Waals surface area (Å²) in [6.45, 7) is 4.14. The second kappa shape index (κ2) is 28.8. The largest absolute Gasteiger partial charge is 0.394 e. The topological polar surface area (TPSA) is 89.8 Å². The summed E-state index contributed by atoms with van der Waals surface area (Å²) in [5.41, 5.74) is 0. The maximum absolute atomic E-state index is 12.3. The average Bonchev–Trinajstić information content (AvgIpc) is 2.90. The van der Waals surface area contributed by atoms with Crippen molar-refractivity contribution in [3.05, 3.63) is 24.3 Å². The number of hydrogen-bond acceptors (Lipinski definition) is 4. The number of unbranched alkanes of at least 4 members (excludes halogenated alkanes) is 17. The molecule has 0 spiro atoms. The van der Waals surface area contributed by atoms with E-state index in [2.05, 4.69) is 31.3 Å². The fourth-order valence-electron chi connectivity index (χ4n) is 4.71. The molecule has 38 heavy (non-hydrogen) atoms. The van der Waals surface area contributed by atoms with E-state index in [1.807, 2.05) is 6.08 Å². The number of rotatable bonds is 28. The van der Waals surface area contributed by atoms with E-state index in [1.54, 1.807) is 6.08 Å². The Kier molecular flexibility index (Phi) is 27.9. The highest BCUT2D eigenvalue weighted by Gasteiger charge is 2.20. The molecular weight excluding hydrogens is 474 g/mol. The predicted octanol–water partition coefficient (Wildman–Crippen LogP) is 7.92. The summed E-state index contributed by atoms with van der Waals surface area (Å²) in [6.07, 6.45) is 31.6. The number of allylic oxidation sites excluding steroid dienone is 3. The first-order chi connectivity index (χ1) is 18.5. The molecule has 0 aliphatic carbocycles. The Labute approximate surface area is 235 Å². The van der Waals surface area contributed by atoms with Gasteiger partial charge in [0.15, 0.2) is 0 Å². The molecule has 5 nitrogen and oxygen atoms in total. The maximum Gasteiger partial charge on any atom is 0.222 e. The molecule has 0 saturated carbocycles. The van der Waals surface area contributed by atoms with Crippen molar-refractivity contribution < 1.29 is 20.1 Å². The number of nitrogens with one attached hydrogen (secondary N) is 1. The quantitative estimate of drug-likeness (QED) is 0.0603. The smallest absolute Gasteiger partial charge is 0.222 e. The number of carbonyl (C=O) groups is 1. The van der Waals surface area contributed by atoms with Crippen LogP contribution in [0, 0.1) is 0 Å². The van der Waals surface area contributed by atoms with Gasteiger partial charge in [0, 0.05) is 0 Å². The second-order valence-corrected chi connectivity index (χ2v) is 11.1. The Morgan fingerprint density at radius 1 is 0.658 bits per heavy atom. The molecule has 5 heteroatoms. The first-order valence-corrected chi connectivity index (χ1v) is 16.1. The predicted molar refractivity (Wildman–Crippen MR) is 162 cm³/mol. The second-order valence-electron chi connectivity index (χ2n) is 11.1. The van der Waals surface area contributed by atoms with Crippen molar-refractivity contribution in [2.75, 3.05) is 6.61 Å². The van der Waals surface area contributed by atoms with Crippen molar-refractivity contribution in [1.82, 2.24) is 5.32 Å². The normalized spacial score (nSPS) is 14.3. The molecule has 0 aliphatic rings. The Hall–Kier alpha value is -1.17. The molecule has 0 aromatic carbocycles. The first kappa shape index (κ1) is 36.8. The van der Waals surface area contributed by atoms with Crippen LogP contribution in [0.25, 0.3) is 0 Å². The van der Waals surface area contributed by atoms with Crippen LogP contribution in [0.2, 0.25) is 0 Å². The Bertz CT molecular complexity index is 563. The average molecular weight is 538 g/mol. The maximum atomic E-state index is 12.3. The summed E-state index contributed by atoms with van der Waals surface area (Å²) in [4.78, 5) is 12.3. The Morgan fingerprint density at radius 3 is 1.68 bits per heavy atom. The molecule has 224 valence electrons. The number of aliphatic hydroxyl groups is 3. The molecule has 0 saturated heterocycles. The van der Waals surface area contributed by atoms with Gasteiger partial charge in [-0.05, 0) is 32.1 Å². The van der Waals surface area contributed by atoms with E-state index < -0.39 is 18.2 Å². The minimum Gasteiger partial charge on any atom is -0.394 e. The SMILES string of the molecule is CCCCCCCCCC/C=C/CC/C=C/C(O)C(CO)NC(=O)CC(O)CCCCCCCCCCC. The van der Waals surface area contributed by atoms with E-state index in [1.165, 1.54) is 96.3 Å². The van der Waals surface area contributed by atoms with Crippen LogP contribution in [0.3, 0.4) is 0 Å². The molecule has 0 aliphatic heterocycles. The lowest BCUT2D eigenvalue weighted by molar-refractivity contribution is -0.124. The minimum absolute atomic E-state index is 0.00754. The molecule has 0 aromatic rings. The fourth-order valence-corrected chi connectivity index (χ4v) is 4.71. The van der Waals surface area contributed by atoms with E-state index in [4.69, 9.17) is 0 Å². The molecule has 0 rings (SSSR count). The van der Waals surface area contributed by atoms with Crippen LogP contribution < -0.4 is 5.32 Å². The third-order valence-corrected chi connectivity index (χ3v) is 7.24. The monoisotopic (exact) mass is 537 g/mol. The van der Waals surface area contributed by atoms with E-state index in [9.17, 15) is 20.1 Å². The number of hydrogen-bond donors (Lipinski definition) is 4. The summed E-state index contributed by atoms with van der Waals surface area (Å²) in [7, 11) is 0. The van der Waals surface area contributed by atoms with E-state index in [0.717, 1.165) is 32.1 Å². The van der Waals surface area contributed by atoms with Gasteiger partial charge in [0.05, 0.1) is 31.3 Å². The highest BCUT2D eigenvalue weighted by atomic mass is 16.3. The third-order valence-electron chi connectivity index (χ3n) is 7.24. The van der Waals surface area contributed by atoms with Gasteiger partial charge in [0.1, 0.15) is 0 Å². The summed E-state index contributed by atoms with van der Waals surface area (Å²) >= 11 is 0. The summed E-state index contributed by atoms with van der Waals surface area (Å²) in [5.74, 6) is -0.330. The minimum atomic E-state index is -0.945. The standard InChI is InChI=1S/C33H63NO4/c1-3-5-7-9-11-13-14-15-16-17-19-21-23-25-27-32(37)31(29-35)34-33(38)28-30(36)26-24-22-20-18-12-10-8-6-4-2/h17,19,25,27,30-32,35-37H,3-16,18,20-24,26,28-29H2,1-2H3,(H,34,38)/b19-17+,27-25+. The van der Waals surface area contributed by atoms with Crippen LogP contribution in [-0.2, 0) is 4.79 Å². The molecule has 3 atom stereocenters. The van der Waals surface area contributed by atoms with Crippen LogP contribution in [0.1, 0.15) is 155 Å². The highest BCUT2D eigenvalue weighted by molar-refractivity contribution is 5.76. The van der Waals surface area contributed by atoms with E-state index in [0.29, 0.717) is 6.42 Å². The zero-order valence-electron chi connectivity index (χ0n) is 25.1. The number of amides is 1. The van der Waals surface area contributed by atoms with Crippen molar-refractivity contribution >= 4 is 5.91 Å². The number of aliphatic hydroxyl groups excluding tert-OH is 3. The molecule has 0 fully saturated rings. The molecular formula is C33H63NO4. The van der Waals surface area contributed by atoms with Gasteiger partial charge in [0.25, 0.3) is 0 Å². The van der Waals surface area contributed by atoms with Crippen molar-refractivity contribution in [3.8, 4) is 0 Å². The third kappa shape index (κ3) is 25.1. The van der Waals surface area contributed by atoms with Gasteiger partial charge in [-0.25, -0.2) is 0 Å². The molecule has 0 radical (unpaired) electrons. The molecule has 0 bridgehead atoms. The highest BCUT2D eigenvalue weighted by Crippen LogP contribution is 2.13. The van der Waals surface area contributed by atoms with Crippen molar-refractivity contribution in [2.45, 2.75) is 173 Å². The van der Waals surface area contributed by atoms with Gasteiger partial charge in [-0.3, -0.25) is 4.79 Å². The first-order valence-electron chi connectivity index (χ1n) is 16.1. The Morgan fingerprint density at radius 2 is 1.13 bits per heavy atom. The van der Waals surface area contributed by atoms with E-state index in [-0.39, 0.29) is 18.9 Å². The molecule has 4 N–H and O–H groups in total. The summed E-state index contributed by atoms with van der Waals surface area (Å²) in [5, 5.41) is 32.8. The van der Waals surface area contributed by atoms with Gasteiger partial charge in [0.2, 0.25) is 5.91 Å². The van der Waals surface area contributed by atoms with Gasteiger partial charge in [-0.1, -0.05) is 141 Å². The lowest BCUT2D eigenvalue weighted by Gasteiger charge is -2.21. The summed E-state index contributed by atoms with van der Waals surface area (Å²) in [6, 6.07) is -0.754. The number of carbonyl (C=O) groups excluding carboxylic acids is 1. The lowest BCUT2D eigenvalue weighted by Crippen LogP contribution is -2.45. The molecule has 3 unspecified atom stereocenters. The van der Waals surface area contributed by atoms with Crippen LogP contribution in [0.5, 0.6) is 0 Å². The van der Waals surface area contributed by atoms with Crippen molar-refractivity contribution in [2.24, 2.45) is 0 Å². The zero-order valence-corrected chi connectivity index (χ0v) is 25.1. The van der Waals surface area contributed by atoms with Crippen LogP contribution >= 0.6 is 0 Å². The van der Waals surface area contributed by atoms with Gasteiger partial charge in [-0.2, -0.15) is 0 Å². The van der Waals surface area contributed by atoms with Gasteiger partial charge >= 0.3 is 0 Å². The summed E-state index contributed by atoms with van der Waals surface area (Å²) < 4.78 is 0. The van der Waals surface area contributed by atoms with Crippen LogP contribution in [-0.4, -0.2) is 46.1 Å². The fraction of sp³-hybridized carbons (Fsp3) is 0.848. The van der Waals surface area contributed by atoms with Gasteiger partial charge < -0.3 is 20.6 Å². The van der Waals surface area contributed by atoms with E-state index >= 15 is 0 Å². The molecule has 1 amide bonds.